The summed E-state index contributed by atoms with van der Waals surface area (Å²) in [4.78, 5) is 11.7. The van der Waals surface area contributed by atoms with Crippen molar-refractivity contribution in [1.29, 1.82) is 0 Å². The highest BCUT2D eigenvalue weighted by atomic mass is 19.1. The van der Waals surface area contributed by atoms with Gasteiger partial charge in [-0.25, -0.2) is 4.39 Å². The topological polar surface area (TPSA) is 55.1 Å². The average Bonchev–Trinajstić information content (AvgIpc) is 2.29. The van der Waals surface area contributed by atoms with Crippen molar-refractivity contribution < 1.29 is 9.18 Å². The minimum atomic E-state index is -0.541. The molecule has 4 heteroatoms. The zero-order valence-electron chi connectivity index (χ0n) is 9.66. The predicted molar refractivity (Wildman–Crippen MR) is 67.2 cm³/mol. The lowest BCUT2D eigenvalue weighted by Crippen LogP contribution is -2.25. The number of allylic oxidation sites excluding steroid dienone is 1. The Labute approximate surface area is 99.8 Å². The van der Waals surface area contributed by atoms with E-state index in [0.29, 0.717) is 16.8 Å². The van der Waals surface area contributed by atoms with Crippen LogP contribution in [-0.2, 0) is 0 Å². The molecule has 1 aromatic rings. The molecule has 0 aliphatic rings. The van der Waals surface area contributed by atoms with E-state index in [-0.39, 0.29) is 12.5 Å². The summed E-state index contributed by atoms with van der Waals surface area (Å²) in [5.74, 6) is -0.835. The van der Waals surface area contributed by atoms with Crippen LogP contribution in [0.15, 0.2) is 48.3 Å². The van der Waals surface area contributed by atoms with Crippen LogP contribution in [0.4, 0.5) is 10.1 Å². The molecular weight excluding hydrogens is 219 g/mol. The maximum atomic E-state index is 12.8. The number of carbonyl (C=O) groups is 1. The van der Waals surface area contributed by atoms with Crippen LogP contribution in [0.2, 0.25) is 0 Å². The van der Waals surface area contributed by atoms with Crippen LogP contribution >= 0.6 is 0 Å². The van der Waals surface area contributed by atoms with Gasteiger partial charge in [0.15, 0.2) is 0 Å². The fourth-order valence-electron chi connectivity index (χ4n) is 1.31. The number of hydrogen-bond donors (Lipinski definition) is 2. The quantitative estimate of drug-likeness (QED) is 0.621. The molecule has 3 N–H and O–H groups in total. The van der Waals surface area contributed by atoms with Gasteiger partial charge >= 0.3 is 0 Å². The largest absolute Gasteiger partial charge is 0.399 e. The molecule has 0 saturated carbocycles. The first-order chi connectivity index (χ1) is 8.04. The standard InChI is InChI=1S/C13H15FN2O/c1-3-10(9(2)14)8-16-13(17)11-5-4-6-12(15)7-11/h3-7H,2,8,15H2,1H3,(H,16,17)/b10-3-. The molecule has 1 rings (SSSR count). The highest BCUT2D eigenvalue weighted by molar-refractivity contribution is 5.95. The van der Waals surface area contributed by atoms with E-state index in [1.54, 1.807) is 37.3 Å². The van der Waals surface area contributed by atoms with Gasteiger partial charge in [0.25, 0.3) is 5.91 Å². The van der Waals surface area contributed by atoms with Gasteiger partial charge in [-0.15, -0.1) is 0 Å². The number of carbonyl (C=O) groups excluding carboxylic acids is 1. The second-order valence-electron chi connectivity index (χ2n) is 3.53. The fourth-order valence-corrected chi connectivity index (χ4v) is 1.31. The van der Waals surface area contributed by atoms with E-state index in [4.69, 9.17) is 5.73 Å². The molecule has 0 radical (unpaired) electrons. The summed E-state index contributed by atoms with van der Waals surface area (Å²) >= 11 is 0. The Morgan fingerprint density at radius 1 is 1.59 bits per heavy atom. The SMILES string of the molecule is C=C(F)/C(=C\C)CNC(=O)c1cccc(N)c1. The number of amides is 1. The smallest absolute Gasteiger partial charge is 0.251 e. The molecule has 0 spiro atoms. The van der Waals surface area contributed by atoms with Gasteiger partial charge in [-0.05, 0) is 25.1 Å². The molecule has 0 saturated heterocycles. The number of benzene rings is 1. The third-order valence-corrected chi connectivity index (χ3v) is 2.29. The third-order valence-electron chi connectivity index (χ3n) is 2.29. The Kier molecular flexibility index (Phi) is 4.46. The molecule has 3 nitrogen and oxygen atoms in total. The van der Waals surface area contributed by atoms with Crippen molar-refractivity contribution in [2.24, 2.45) is 0 Å². The monoisotopic (exact) mass is 234 g/mol. The summed E-state index contributed by atoms with van der Waals surface area (Å²) in [6.07, 6.45) is 1.57. The minimum Gasteiger partial charge on any atom is -0.399 e. The molecule has 0 aliphatic carbocycles. The number of nitrogens with one attached hydrogen (secondary N) is 1. The summed E-state index contributed by atoms with van der Waals surface area (Å²) in [7, 11) is 0. The average molecular weight is 234 g/mol. The van der Waals surface area contributed by atoms with Gasteiger partial charge in [-0.3, -0.25) is 4.79 Å². The van der Waals surface area contributed by atoms with Gasteiger partial charge in [0.05, 0.1) is 0 Å². The fraction of sp³-hybridized carbons (Fsp3) is 0.154. The van der Waals surface area contributed by atoms with E-state index in [2.05, 4.69) is 11.9 Å². The lowest BCUT2D eigenvalue weighted by molar-refractivity contribution is 0.0957. The van der Waals surface area contributed by atoms with Gasteiger partial charge in [0.1, 0.15) is 5.83 Å². The molecule has 0 fully saturated rings. The zero-order chi connectivity index (χ0) is 12.8. The van der Waals surface area contributed by atoms with Gasteiger partial charge in [0.2, 0.25) is 0 Å². The highest BCUT2D eigenvalue weighted by Gasteiger charge is 2.07. The third kappa shape index (κ3) is 3.75. The van der Waals surface area contributed by atoms with Crippen LogP contribution in [0.5, 0.6) is 0 Å². The van der Waals surface area contributed by atoms with E-state index in [9.17, 15) is 9.18 Å². The molecule has 17 heavy (non-hydrogen) atoms. The number of anilines is 1. The van der Waals surface area contributed by atoms with Crippen molar-refractivity contribution in [2.45, 2.75) is 6.92 Å². The molecule has 0 bridgehead atoms. The molecule has 0 atom stereocenters. The summed E-state index contributed by atoms with van der Waals surface area (Å²) in [5.41, 5.74) is 6.89. The van der Waals surface area contributed by atoms with Crippen molar-refractivity contribution >= 4 is 11.6 Å². The summed E-state index contributed by atoms with van der Waals surface area (Å²) in [5, 5.41) is 2.59. The van der Waals surface area contributed by atoms with Crippen LogP contribution in [0.3, 0.4) is 0 Å². The predicted octanol–water partition coefficient (Wildman–Crippen LogP) is 2.43. The number of nitrogen functional groups attached to an aromatic ring is 1. The van der Waals surface area contributed by atoms with Crippen molar-refractivity contribution in [3.05, 3.63) is 53.9 Å². The zero-order valence-corrected chi connectivity index (χ0v) is 9.66. The molecule has 0 heterocycles. The minimum absolute atomic E-state index is 0.111. The van der Waals surface area contributed by atoms with E-state index >= 15 is 0 Å². The van der Waals surface area contributed by atoms with Crippen LogP contribution in [0.25, 0.3) is 0 Å². The van der Waals surface area contributed by atoms with Gasteiger partial charge in [0, 0.05) is 23.4 Å². The Bertz CT molecular complexity index is 466. The number of rotatable bonds is 4. The molecule has 0 aliphatic heterocycles. The van der Waals surface area contributed by atoms with E-state index < -0.39 is 5.83 Å². The van der Waals surface area contributed by atoms with Crippen LogP contribution in [0.1, 0.15) is 17.3 Å². The van der Waals surface area contributed by atoms with Crippen molar-refractivity contribution in [3.8, 4) is 0 Å². The van der Waals surface area contributed by atoms with Crippen LogP contribution in [-0.4, -0.2) is 12.5 Å². The Morgan fingerprint density at radius 2 is 2.29 bits per heavy atom. The maximum Gasteiger partial charge on any atom is 0.251 e. The van der Waals surface area contributed by atoms with Crippen molar-refractivity contribution in [3.63, 3.8) is 0 Å². The van der Waals surface area contributed by atoms with Crippen LogP contribution < -0.4 is 11.1 Å². The van der Waals surface area contributed by atoms with E-state index in [1.165, 1.54) is 0 Å². The Balaban J connectivity index is 2.65. The van der Waals surface area contributed by atoms with E-state index in [1.807, 2.05) is 0 Å². The molecule has 90 valence electrons. The first-order valence-corrected chi connectivity index (χ1v) is 5.18. The summed E-state index contributed by atoms with van der Waals surface area (Å²) in [6.45, 7) is 4.98. The summed E-state index contributed by atoms with van der Waals surface area (Å²) in [6, 6.07) is 6.59. The normalized spacial score (nSPS) is 11.1. The molecule has 0 aromatic heterocycles. The summed E-state index contributed by atoms with van der Waals surface area (Å²) < 4.78 is 12.8. The van der Waals surface area contributed by atoms with Gasteiger partial charge < -0.3 is 11.1 Å². The Hall–Kier alpha value is -2.10. The highest BCUT2D eigenvalue weighted by Crippen LogP contribution is 2.09. The molecule has 0 unspecified atom stereocenters. The first-order valence-electron chi connectivity index (χ1n) is 5.18. The lowest BCUT2D eigenvalue weighted by Gasteiger charge is -2.07. The molecular formula is C13H15FN2O. The molecule has 1 amide bonds. The number of nitrogens with two attached hydrogens (primary N) is 1. The maximum absolute atomic E-state index is 12.8. The van der Waals surface area contributed by atoms with Gasteiger partial charge in [-0.1, -0.05) is 18.7 Å². The van der Waals surface area contributed by atoms with E-state index in [0.717, 1.165) is 0 Å². The van der Waals surface area contributed by atoms with Gasteiger partial charge in [-0.2, -0.15) is 0 Å². The molecule has 1 aromatic carbocycles. The van der Waals surface area contributed by atoms with Crippen molar-refractivity contribution in [2.75, 3.05) is 12.3 Å². The number of halogens is 1. The van der Waals surface area contributed by atoms with Crippen molar-refractivity contribution in [1.82, 2.24) is 5.32 Å². The van der Waals surface area contributed by atoms with Crippen LogP contribution in [0, 0.1) is 0 Å². The second-order valence-corrected chi connectivity index (χ2v) is 3.53. The first kappa shape index (κ1) is 13.0. The second kappa shape index (κ2) is 5.84. The number of hydrogen-bond acceptors (Lipinski definition) is 2. The lowest BCUT2D eigenvalue weighted by atomic mass is 10.2. The Morgan fingerprint density at radius 3 is 2.82 bits per heavy atom.